The molecule has 0 amide bonds. The van der Waals surface area contributed by atoms with Crippen LogP contribution in [0.3, 0.4) is 0 Å². The van der Waals surface area contributed by atoms with Crippen molar-refractivity contribution < 1.29 is 4.11 Å². The number of anilines is 3. The molecule has 0 saturated carbocycles. The summed E-state index contributed by atoms with van der Waals surface area (Å²) in [6.45, 7) is 0.124. The number of fused-ring (bicyclic) bond motifs is 1. The topological polar surface area (TPSA) is 19.4 Å². The summed E-state index contributed by atoms with van der Waals surface area (Å²) in [7, 11) is 0. The minimum absolute atomic E-state index is 0.285. The summed E-state index contributed by atoms with van der Waals surface area (Å²) >= 11 is 0. The van der Waals surface area contributed by atoms with E-state index in [1.807, 2.05) is 36.1 Å². The molecule has 0 bridgehead atoms. The summed E-state index contributed by atoms with van der Waals surface area (Å²) < 4.78 is 23.0. The number of aryl methyl sites for hydroxylation is 1. The van der Waals surface area contributed by atoms with Crippen LogP contribution >= 0.6 is 0 Å². The average molecular weight is 228 g/mol. The summed E-state index contributed by atoms with van der Waals surface area (Å²) in [5.74, 6) is 0.693. The van der Waals surface area contributed by atoms with Crippen molar-refractivity contribution in [2.24, 2.45) is 0 Å². The average Bonchev–Trinajstić information content (AvgIpc) is 2.79. The normalized spacial score (nSPS) is 17.4. The number of aromatic nitrogens is 1. The predicted octanol–water partition coefficient (Wildman–Crippen LogP) is 2.94. The Morgan fingerprint density at radius 2 is 2.00 bits per heavy atom. The molecule has 1 aromatic carbocycles. The van der Waals surface area contributed by atoms with E-state index in [1.165, 1.54) is 4.90 Å². The Kier molecular flexibility index (Phi) is 1.62. The van der Waals surface area contributed by atoms with E-state index in [0.29, 0.717) is 11.5 Å². The Morgan fingerprint density at radius 1 is 1.18 bits per heavy atom. The molecular formula is C14H15N3. The van der Waals surface area contributed by atoms with E-state index in [9.17, 15) is 0 Å². The zero-order valence-electron chi connectivity index (χ0n) is 12.6. The summed E-state index contributed by atoms with van der Waals surface area (Å²) in [5.41, 5.74) is 2.73. The third kappa shape index (κ3) is 1.55. The van der Waals surface area contributed by atoms with E-state index in [2.05, 4.69) is 4.98 Å². The summed E-state index contributed by atoms with van der Waals surface area (Å²) in [6.07, 6.45) is 1.69. The molecule has 0 N–H and O–H groups in total. The van der Waals surface area contributed by atoms with Gasteiger partial charge in [0, 0.05) is 23.0 Å². The molecule has 0 spiro atoms. The fourth-order valence-electron chi connectivity index (χ4n) is 2.15. The monoisotopic (exact) mass is 228 g/mol. The molecule has 3 nitrogen and oxygen atoms in total. The van der Waals surface area contributed by atoms with Gasteiger partial charge in [-0.05, 0) is 30.7 Å². The second-order valence-corrected chi connectivity index (χ2v) is 4.13. The molecule has 0 unspecified atom stereocenters. The number of hydrogen-bond acceptors (Lipinski definition) is 3. The Balaban J connectivity index is 2.10. The highest BCUT2D eigenvalue weighted by Crippen LogP contribution is 2.38. The Morgan fingerprint density at radius 3 is 2.82 bits per heavy atom. The molecule has 0 atom stereocenters. The van der Waals surface area contributed by atoms with E-state index in [1.54, 1.807) is 18.3 Å². The van der Waals surface area contributed by atoms with Crippen LogP contribution in [0.15, 0.2) is 42.6 Å². The smallest absolute Gasteiger partial charge is 0.158 e. The third-order valence-electron chi connectivity index (χ3n) is 3.00. The number of nitrogens with zero attached hydrogens (tertiary/aromatic N) is 3. The van der Waals surface area contributed by atoms with Gasteiger partial charge in [-0.25, -0.2) is 4.98 Å². The molecule has 86 valence electrons. The van der Waals surface area contributed by atoms with Crippen LogP contribution in [-0.2, 0) is 0 Å². The van der Waals surface area contributed by atoms with Crippen LogP contribution in [0, 0.1) is 6.92 Å². The van der Waals surface area contributed by atoms with Gasteiger partial charge < -0.3 is 9.80 Å². The fourth-order valence-corrected chi connectivity index (χ4v) is 2.15. The van der Waals surface area contributed by atoms with Gasteiger partial charge in [0.15, 0.2) is 5.82 Å². The molecule has 0 aliphatic carbocycles. The minimum Gasteiger partial charge on any atom is -0.354 e. The molecule has 0 radical (unpaired) electrons. The lowest BCUT2D eigenvalue weighted by Crippen LogP contribution is -2.24. The van der Waals surface area contributed by atoms with Crippen LogP contribution in [0.5, 0.6) is 0 Å². The molecule has 3 rings (SSSR count). The van der Waals surface area contributed by atoms with Crippen LogP contribution in [0.4, 0.5) is 17.2 Å². The van der Waals surface area contributed by atoms with Crippen LogP contribution in [0.25, 0.3) is 0 Å². The van der Waals surface area contributed by atoms with Crippen LogP contribution in [-0.4, -0.2) is 18.6 Å². The van der Waals surface area contributed by atoms with Crippen molar-refractivity contribution in [3.8, 4) is 0 Å². The molecule has 0 fully saturated rings. The molecule has 17 heavy (non-hydrogen) atoms. The van der Waals surface area contributed by atoms with Gasteiger partial charge in [0.1, 0.15) is 0 Å². The van der Waals surface area contributed by atoms with E-state index in [-0.39, 0.29) is 6.67 Å². The molecule has 1 aliphatic heterocycles. The molecule has 2 aromatic rings. The quantitative estimate of drug-likeness (QED) is 0.748. The van der Waals surface area contributed by atoms with Crippen LogP contribution in [0.2, 0.25) is 0 Å². The second-order valence-electron chi connectivity index (χ2n) is 4.13. The first-order valence-corrected chi connectivity index (χ1v) is 5.54. The van der Waals surface area contributed by atoms with Crippen molar-refractivity contribution in [2.75, 3.05) is 23.4 Å². The maximum atomic E-state index is 7.67. The first-order chi connectivity index (χ1) is 9.48. The molecular weight excluding hydrogens is 210 g/mol. The van der Waals surface area contributed by atoms with Crippen LogP contribution < -0.4 is 9.80 Å². The standard InChI is InChI=1S/C14H15N3/c1-11-6-3-4-7-12(11)17-10-16(2)13-8-5-9-15-14(13)17/h3-9H,10H2,1-2H3/i2D3. The second kappa shape index (κ2) is 3.77. The van der Waals surface area contributed by atoms with Crippen molar-refractivity contribution in [1.82, 2.24) is 4.98 Å². The van der Waals surface area contributed by atoms with Crippen molar-refractivity contribution in [2.45, 2.75) is 6.92 Å². The maximum absolute atomic E-state index is 7.67. The Hall–Kier alpha value is -2.03. The van der Waals surface area contributed by atoms with Crippen molar-refractivity contribution in [3.63, 3.8) is 0 Å². The first-order valence-electron chi connectivity index (χ1n) is 7.04. The van der Waals surface area contributed by atoms with Crippen LogP contribution in [0.1, 0.15) is 9.68 Å². The van der Waals surface area contributed by atoms with Gasteiger partial charge in [-0.2, -0.15) is 0 Å². The SMILES string of the molecule is [2H]C([2H])([2H])N1CN(c2ccccc2C)c2ncccc21. The van der Waals surface area contributed by atoms with Crippen molar-refractivity contribution >= 4 is 17.2 Å². The zero-order chi connectivity index (χ0) is 14.3. The number of rotatable bonds is 1. The van der Waals surface area contributed by atoms with Gasteiger partial charge in [0.2, 0.25) is 0 Å². The predicted molar refractivity (Wildman–Crippen MR) is 70.8 cm³/mol. The Bertz CT molecular complexity index is 640. The van der Waals surface area contributed by atoms with Gasteiger partial charge in [-0.15, -0.1) is 0 Å². The van der Waals surface area contributed by atoms with E-state index in [4.69, 9.17) is 4.11 Å². The number of benzene rings is 1. The van der Waals surface area contributed by atoms with Crippen molar-refractivity contribution in [1.29, 1.82) is 0 Å². The Labute approximate surface area is 106 Å². The molecule has 1 aromatic heterocycles. The maximum Gasteiger partial charge on any atom is 0.158 e. The van der Waals surface area contributed by atoms with E-state index < -0.39 is 6.98 Å². The lowest BCUT2D eigenvalue weighted by molar-refractivity contribution is 0.940. The van der Waals surface area contributed by atoms with E-state index >= 15 is 0 Å². The van der Waals surface area contributed by atoms with Gasteiger partial charge in [-0.3, -0.25) is 0 Å². The lowest BCUT2D eigenvalue weighted by Gasteiger charge is -2.20. The molecule has 2 heterocycles. The van der Waals surface area contributed by atoms with E-state index in [0.717, 1.165) is 11.3 Å². The van der Waals surface area contributed by atoms with Gasteiger partial charge in [-0.1, -0.05) is 18.2 Å². The highest BCUT2D eigenvalue weighted by molar-refractivity contribution is 5.79. The summed E-state index contributed by atoms with van der Waals surface area (Å²) in [6, 6.07) is 11.5. The third-order valence-corrected chi connectivity index (χ3v) is 3.00. The minimum atomic E-state index is -2.17. The highest BCUT2D eigenvalue weighted by Gasteiger charge is 2.25. The van der Waals surface area contributed by atoms with Gasteiger partial charge in [0.25, 0.3) is 0 Å². The first kappa shape index (κ1) is 7.33. The summed E-state index contributed by atoms with van der Waals surface area (Å²) in [4.78, 5) is 7.70. The number of pyridine rings is 1. The van der Waals surface area contributed by atoms with Crippen molar-refractivity contribution in [3.05, 3.63) is 48.2 Å². The van der Waals surface area contributed by atoms with Gasteiger partial charge in [0.05, 0.1) is 12.4 Å². The zero-order valence-corrected chi connectivity index (χ0v) is 9.59. The molecule has 0 saturated heterocycles. The lowest BCUT2D eigenvalue weighted by atomic mass is 10.2. The largest absolute Gasteiger partial charge is 0.354 e. The number of hydrogen-bond donors (Lipinski definition) is 0. The molecule has 1 aliphatic rings. The highest BCUT2D eigenvalue weighted by atomic mass is 15.4. The summed E-state index contributed by atoms with van der Waals surface area (Å²) in [5, 5.41) is 0. The number of para-hydroxylation sites is 1. The van der Waals surface area contributed by atoms with Gasteiger partial charge >= 0.3 is 0 Å². The fraction of sp³-hybridized carbons (Fsp3) is 0.214. The molecule has 3 heteroatoms.